The summed E-state index contributed by atoms with van der Waals surface area (Å²) in [6, 6.07) is 12.3. The molecule has 0 aliphatic carbocycles. The maximum atomic E-state index is 11.3. The molecule has 0 aliphatic rings. The van der Waals surface area contributed by atoms with Crippen molar-refractivity contribution in [2.24, 2.45) is 0 Å². The lowest BCUT2D eigenvalue weighted by Gasteiger charge is -2.00. The van der Waals surface area contributed by atoms with Crippen molar-refractivity contribution < 1.29 is 14.5 Å². The highest BCUT2D eigenvalue weighted by molar-refractivity contribution is 5.87. The summed E-state index contributed by atoms with van der Waals surface area (Å²) in [5.74, 6) is 0.364. The number of nitro groups is 1. The highest BCUT2D eigenvalue weighted by atomic mass is 16.6. The van der Waals surface area contributed by atoms with Gasteiger partial charge in [-0.1, -0.05) is 24.3 Å². The van der Waals surface area contributed by atoms with Crippen LogP contribution in [0, 0.1) is 10.1 Å². The average molecular weight is 351 g/mol. The Balaban J connectivity index is 1.71. The Hall–Kier alpha value is -3.48. The highest BCUT2D eigenvalue weighted by Gasteiger charge is 2.10. The van der Waals surface area contributed by atoms with Crippen LogP contribution in [0.4, 0.5) is 5.69 Å². The third kappa shape index (κ3) is 4.13. The predicted octanol–water partition coefficient (Wildman–Crippen LogP) is 3.64. The Morgan fingerprint density at radius 1 is 1.27 bits per heavy atom. The largest absolute Gasteiger partial charge is 0.463 e. The molecule has 0 bridgehead atoms. The molecule has 0 aliphatic heterocycles. The summed E-state index contributed by atoms with van der Waals surface area (Å²) >= 11 is 0. The molecule has 2 aromatic carbocycles. The van der Waals surface area contributed by atoms with E-state index in [-0.39, 0.29) is 11.7 Å². The second kappa shape index (κ2) is 7.60. The zero-order valence-corrected chi connectivity index (χ0v) is 14.1. The Bertz CT molecular complexity index is 974. The van der Waals surface area contributed by atoms with Gasteiger partial charge >= 0.3 is 5.97 Å². The van der Waals surface area contributed by atoms with Crippen LogP contribution in [0.15, 0.2) is 48.5 Å². The number of aromatic amines is 1. The van der Waals surface area contributed by atoms with Crippen LogP contribution >= 0.6 is 0 Å². The van der Waals surface area contributed by atoms with Gasteiger partial charge in [0.15, 0.2) is 0 Å². The van der Waals surface area contributed by atoms with E-state index in [1.165, 1.54) is 18.2 Å². The van der Waals surface area contributed by atoms with E-state index in [1.54, 1.807) is 19.1 Å². The molecule has 7 nitrogen and oxygen atoms in total. The monoisotopic (exact) mass is 351 g/mol. The lowest BCUT2D eigenvalue weighted by molar-refractivity contribution is -0.384. The fraction of sp³-hybridized carbons (Fsp3) is 0.158. The average Bonchev–Trinajstić information content (AvgIpc) is 3.02. The second-order valence-corrected chi connectivity index (χ2v) is 5.65. The first-order valence-electron chi connectivity index (χ1n) is 8.12. The number of fused-ring (bicyclic) bond motifs is 1. The van der Waals surface area contributed by atoms with Gasteiger partial charge in [0.05, 0.1) is 22.6 Å². The van der Waals surface area contributed by atoms with Crippen LogP contribution < -0.4 is 0 Å². The molecule has 132 valence electrons. The maximum Gasteiger partial charge on any atom is 0.330 e. The Kier molecular flexibility index (Phi) is 5.07. The SMILES string of the molecule is CCOC(=O)/C=C/c1ccc(Cc2nc3ccc([N+](=O)[O-])cc3[nH]2)cc1. The van der Waals surface area contributed by atoms with E-state index in [1.807, 2.05) is 24.3 Å². The Morgan fingerprint density at radius 2 is 2.04 bits per heavy atom. The third-order valence-corrected chi connectivity index (χ3v) is 3.78. The van der Waals surface area contributed by atoms with E-state index in [9.17, 15) is 14.9 Å². The molecule has 3 aromatic rings. The van der Waals surface area contributed by atoms with E-state index >= 15 is 0 Å². The lowest BCUT2D eigenvalue weighted by atomic mass is 10.1. The van der Waals surface area contributed by atoms with E-state index in [2.05, 4.69) is 9.97 Å². The number of nitro benzene ring substituents is 1. The summed E-state index contributed by atoms with van der Waals surface area (Å²) in [4.78, 5) is 29.3. The number of hydrogen-bond acceptors (Lipinski definition) is 5. The quantitative estimate of drug-likeness (QED) is 0.316. The first-order valence-corrected chi connectivity index (χ1v) is 8.12. The topological polar surface area (TPSA) is 98.1 Å². The number of carbonyl (C=O) groups is 1. The van der Waals surface area contributed by atoms with E-state index < -0.39 is 4.92 Å². The molecule has 7 heteroatoms. The number of hydrogen-bond donors (Lipinski definition) is 1. The number of aromatic nitrogens is 2. The summed E-state index contributed by atoms with van der Waals surface area (Å²) in [5, 5.41) is 10.8. The molecule has 3 rings (SSSR count). The smallest absolute Gasteiger partial charge is 0.330 e. The van der Waals surface area contributed by atoms with E-state index in [0.717, 1.165) is 17.0 Å². The van der Waals surface area contributed by atoms with Gasteiger partial charge in [0.1, 0.15) is 5.82 Å². The van der Waals surface area contributed by atoms with Crippen molar-refractivity contribution in [3.05, 3.63) is 75.6 Å². The zero-order chi connectivity index (χ0) is 18.5. The van der Waals surface area contributed by atoms with Gasteiger partial charge in [-0.15, -0.1) is 0 Å². The van der Waals surface area contributed by atoms with Crippen molar-refractivity contribution in [1.29, 1.82) is 0 Å². The van der Waals surface area contributed by atoms with Crippen LogP contribution in [0.5, 0.6) is 0 Å². The van der Waals surface area contributed by atoms with Gasteiger partial charge < -0.3 is 9.72 Å². The Labute approximate surface area is 149 Å². The molecule has 0 amide bonds. The minimum Gasteiger partial charge on any atom is -0.463 e. The standard InChI is InChI=1S/C19H17N3O4/c1-2-26-19(23)10-7-13-3-5-14(6-4-13)11-18-20-16-9-8-15(22(24)25)12-17(16)21-18/h3-10,12H,2,11H2,1H3,(H,20,21)/b10-7+. The van der Waals surface area contributed by atoms with Crippen molar-refractivity contribution in [2.45, 2.75) is 13.3 Å². The van der Waals surface area contributed by atoms with Crippen molar-refractivity contribution in [3.8, 4) is 0 Å². The fourth-order valence-corrected chi connectivity index (χ4v) is 2.54. The van der Waals surface area contributed by atoms with Crippen molar-refractivity contribution in [1.82, 2.24) is 9.97 Å². The summed E-state index contributed by atoms with van der Waals surface area (Å²) in [6.45, 7) is 2.11. The number of imidazole rings is 1. The van der Waals surface area contributed by atoms with Gasteiger partial charge in [0.2, 0.25) is 0 Å². The molecule has 1 heterocycles. The number of non-ortho nitro benzene ring substituents is 1. The normalized spacial score (nSPS) is 11.1. The van der Waals surface area contributed by atoms with Gasteiger partial charge in [-0.05, 0) is 30.2 Å². The second-order valence-electron chi connectivity index (χ2n) is 5.65. The molecule has 0 spiro atoms. The summed E-state index contributed by atoms with van der Waals surface area (Å²) < 4.78 is 4.84. The van der Waals surface area contributed by atoms with Crippen molar-refractivity contribution >= 4 is 28.8 Å². The molecule has 0 unspecified atom stereocenters. The number of H-pyrrole nitrogens is 1. The van der Waals surface area contributed by atoms with E-state index in [4.69, 9.17) is 4.74 Å². The van der Waals surface area contributed by atoms with Gasteiger partial charge in [0.25, 0.3) is 5.69 Å². The number of ether oxygens (including phenoxy) is 1. The molecule has 0 fully saturated rings. The van der Waals surface area contributed by atoms with Crippen LogP contribution in [-0.2, 0) is 16.0 Å². The summed E-state index contributed by atoms with van der Waals surface area (Å²) in [6.07, 6.45) is 3.66. The molecule has 0 saturated heterocycles. The van der Waals surface area contributed by atoms with Crippen molar-refractivity contribution in [2.75, 3.05) is 6.61 Å². The van der Waals surface area contributed by atoms with Crippen LogP contribution in [0.25, 0.3) is 17.1 Å². The van der Waals surface area contributed by atoms with Gasteiger partial charge in [-0.2, -0.15) is 0 Å². The zero-order valence-electron chi connectivity index (χ0n) is 14.1. The molecular formula is C19H17N3O4. The number of rotatable bonds is 6. The first kappa shape index (κ1) is 17.3. The van der Waals surface area contributed by atoms with Crippen LogP contribution in [-0.4, -0.2) is 27.5 Å². The molecular weight excluding hydrogens is 334 g/mol. The lowest BCUT2D eigenvalue weighted by Crippen LogP contribution is -1.98. The van der Waals surface area contributed by atoms with E-state index in [0.29, 0.717) is 24.1 Å². The molecule has 26 heavy (non-hydrogen) atoms. The maximum absolute atomic E-state index is 11.3. The minimum absolute atomic E-state index is 0.0328. The van der Waals surface area contributed by atoms with Crippen LogP contribution in [0.2, 0.25) is 0 Å². The minimum atomic E-state index is -0.428. The number of nitrogens with zero attached hydrogens (tertiary/aromatic N) is 2. The van der Waals surface area contributed by atoms with Gasteiger partial charge in [-0.3, -0.25) is 10.1 Å². The molecule has 0 atom stereocenters. The number of carbonyl (C=O) groups excluding carboxylic acids is 1. The van der Waals surface area contributed by atoms with Gasteiger partial charge in [-0.25, -0.2) is 9.78 Å². The summed E-state index contributed by atoms with van der Waals surface area (Å²) in [7, 11) is 0. The van der Waals surface area contributed by atoms with Crippen molar-refractivity contribution in [3.63, 3.8) is 0 Å². The third-order valence-electron chi connectivity index (χ3n) is 3.78. The molecule has 0 saturated carbocycles. The first-order chi connectivity index (χ1) is 12.5. The number of esters is 1. The van der Waals surface area contributed by atoms with Crippen LogP contribution in [0.3, 0.4) is 0 Å². The number of benzene rings is 2. The fourth-order valence-electron chi connectivity index (χ4n) is 2.54. The number of nitrogens with one attached hydrogen (secondary N) is 1. The van der Waals surface area contributed by atoms with Crippen LogP contribution in [0.1, 0.15) is 23.9 Å². The predicted molar refractivity (Wildman–Crippen MR) is 97.7 cm³/mol. The molecule has 1 N–H and O–H groups in total. The molecule has 1 aromatic heterocycles. The summed E-state index contributed by atoms with van der Waals surface area (Å²) in [5.41, 5.74) is 3.29. The highest BCUT2D eigenvalue weighted by Crippen LogP contribution is 2.20. The molecule has 0 radical (unpaired) electrons. The van der Waals surface area contributed by atoms with Gasteiger partial charge in [0, 0.05) is 24.6 Å². The Morgan fingerprint density at radius 3 is 2.73 bits per heavy atom.